The summed E-state index contributed by atoms with van der Waals surface area (Å²) in [4.78, 5) is 16.1. The molecule has 0 radical (unpaired) electrons. The molecule has 0 bridgehead atoms. The minimum absolute atomic E-state index is 0.172. The van der Waals surface area contributed by atoms with Crippen LogP contribution in [0.3, 0.4) is 0 Å². The summed E-state index contributed by atoms with van der Waals surface area (Å²) in [5.74, 6) is -0.242. The molecular weight excluding hydrogens is 278 g/mol. The van der Waals surface area contributed by atoms with E-state index in [1.54, 1.807) is 42.3 Å². The van der Waals surface area contributed by atoms with Crippen LogP contribution in [0.15, 0.2) is 47.9 Å². The molecule has 0 saturated carbocycles. The molecular formula is C13H15N3O3S. The predicted octanol–water partition coefficient (Wildman–Crippen LogP) is 1.49. The van der Waals surface area contributed by atoms with Gasteiger partial charge in [-0.15, -0.1) is 0 Å². The van der Waals surface area contributed by atoms with Crippen molar-refractivity contribution in [3.8, 4) is 0 Å². The number of anilines is 1. The Balaban J connectivity index is 2.16. The Hall–Kier alpha value is -2.15. The number of hydrogen-bond acceptors (Lipinski definition) is 4. The van der Waals surface area contributed by atoms with E-state index in [1.807, 2.05) is 0 Å². The van der Waals surface area contributed by atoms with Crippen molar-refractivity contribution in [1.82, 2.24) is 9.55 Å². The van der Waals surface area contributed by atoms with Crippen molar-refractivity contribution in [2.45, 2.75) is 17.9 Å². The van der Waals surface area contributed by atoms with Gasteiger partial charge >= 0.3 is 0 Å². The van der Waals surface area contributed by atoms with Gasteiger partial charge in [0, 0.05) is 24.3 Å². The lowest BCUT2D eigenvalue weighted by Crippen LogP contribution is -2.22. The van der Waals surface area contributed by atoms with Crippen molar-refractivity contribution in [2.75, 3.05) is 11.6 Å². The van der Waals surface area contributed by atoms with Gasteiger partial charge in [-0.3, -0.25) is 4.79 Å². The molecule has 1 heterocycles. The molecule has 7 heteroatoms. The Kier molecular flexibility index (Phi) is 3.89. The maximum Gasteiger partial charge on any atom is 0.247 e. The molecule has 0 saturated heterocycles. The fraction of sp³-hybridized carbons (Fsp3) is 0.231. The first-order valence-electron chi connectivity index (χ1n) is 5.96. The van der Waals surface area contributed by atoms with Crippen LogP contribution in [0.2, 0.25) is 0 Å². The van der Waals surface area contributed by atoms with Gasteiger partial charge in [0.25, 0.3) is 0 Å². The summed E-state index contributed by atoms with van der Waals surface area (Å²) in [6.07, 6.45) is 5.96. The number of nitrogens with zero attached hydrogens (tertiary/aromatic N) is 2. The molecule has 2 aromatic rings. The van der Waals surface area contributed by atoms with Gasteiger partial charge in [-0.05, 0) is 25.1 Å². The summed E-state index contributed by atoms with van der Waals surface area (Å²) in [5, 5.41) is 2.69. The normalized spacial score (nSPS) is 12.9. The molecule has 0 aliphatic rings. The number of sulfone groups is 1. The minimum Gasteiger partial charge on any atom is -0.325 e. The average Bonchev–Trinajstić information content (AvgIpc) is 2.91. The molecule has 0 aliphatic heterocycles. The molecule has 1 atom stereocenters. The Labute approximate surface area is 117 Å². The third kappa shape index (κ3) is 3.24. The summed E-state index contributed by atoms with van der Waals surface area (Å²) in [6.45, 7) is 1.73. The number of imidazole rings is 1. The predicted molar refractivity (Wildman–Crippen MR) is 75.1 cm³/mol. The summed E-state index contributed by atoms with van der Waals surface area (Å²) >= 11 is 0. The van der Waals surface area contributed by atoms with Gasteiger partial charge in [0.05, 0.1) is 11.2 Å². The van der Waals surface area contributed by atoms with Crippen molar-refractivity contribution < 1.29 is 13.2 Å². The third-order valence-corrected chi connectivity index (χ3v) is 3.99. The SMILES string of the molecule is CC(C(=O)Nc1cccc(S(C)(=O)=O)c1)n1ccnc1. The maximum absolute atomic E-state index is 12.1. The summed E-state index contributed by atoms with van der Waals surface area (Å²) in [7, 11) is -3.29. The molecule has 1 N–H and O–H groups in total. The first kappa shape index (κ1) is 14.3. The van der Waals surface area contributed by atoms with Crippen molar-refractivity contribution in [2.24, 2.45) is 0 Å². The number of carbonyl (C=O) groups is 1. The number of nitrogens with one attached hydrogen (secondary N) is 1. The van der Waals surface area contributed by atoms with Gasteiger partial charge in [0.15, 0.2) is 9.84 Å². The van der Waals surface area contributed by atoms with E-state index in [0.29, 0.717) is 5.69 Å². The number of benzene rings is 1. The highest BCUT2D eigenvalue weighted by Gasteiger charge is 2.15. The molecule has 0 spiro atoms. The number of amides is 1. The lowest BCUT2D eigenvalue weighted by Gasteiger charge is -2.13. The fourth-order valence-corrected chi connectivity index (χ4v) is 2.35. The highest BCUT2D eigenvalue weighted by atomic mass is 32.2. The Morgan fingerprint density at radius 2 is 2.15 bits per heavy atom. The van der Waals surface area contributed by atoms with Crippen LogP contribution in [0, 0.1) is 0 Å². The quantitative estimate of drug-likeness (QED) is 0.926. The number of rotatable bonds is 4. The van der Waals surface area contributed by atoms with E-state index in [2.05, 4.69) is 10.3 Å². The highest BCUT2D eigenvalue weighted by molar-refractivity contribution is 7.90. The monoisotopic (exact) mass is 293 g/mol. The molecule has 106 valence electrons. The van der Waals surface area contributed by atoms with E-state index in [-0.39, 0.29) is 10.8 Å². The smallest absolute Gasteiger partial charge is 0.247 e. The fourth-order valence-electron chi connectivity index (χ4n) is 1.69. The largest absolute Gasteiger partial charge is 0.325 e. The van der Waals surface area contributed by atoms with Gasteiger partial charge in [-0.2, -0.15) is 0 Å². The van der Waals surface area contributed by atoms with Crippen LogP contribution in [-0.4, -0.2) is 30.1 Å². The lowest BCUT2D eigenvalue weighted by molar-refractivity contribution is -0.118. The topological polar surface area (TPSA) is 81.1 Å². The van der Waals surface area contributed by atoms with Gasteiger partial charge in [0.1, 0.15) is 6.04 Å². The van der Waals surface area contributed by atoms with Gasteiger partial charge in [-0.1, -0.05) is 6.07 Å². The lowest BCUT2D eigenvalue weighted by atomic mass is 10.2. The van der Waals surface area contributed by atoms with Gasteiger partial charge < -0.3 is 9.88 Å². The van der Waals surface area contributed by atoms with Crippen molar-refractivity contribution in [3.05, 3.63) is 43.0 Å². The van der Waals surface area contributed by atoms with E-state index >= 15 is 0 Å². The van der Waals surface area contributed by atoms with Crippen LogP contribution in [0.1, 0.15) is 13.0 Å². The van der Waals surface area contributed by atoms with E-state index in [0.717, 1.165) is 6.26 Å². The van der Waals surface area contributed by atoms with Crippen LogP contribution in [0.4, 0.5) is 5.69 Å². The number of carbonyl (C=O) groups excluding carboxylic acids is 1. The first-order chi connectivity index (χ1) is 9.38. The maximum atomic E-state index is 12.1. The second kappa shape index (κ2) is 5.46. The zero-order valence-corrected chi connectivity index (χ0v) is 12.0. The molecule has 0 fully saturated rings. The Morgan fingerprint density at radius 1 is 1.40 bits per heavy atom. The molecule has 1 unspecified atom stereocenters. The number of aromatic nitrogens is 2. The second-order valence-corrected chi connectivity index (χ2v) is 6.49. The Morgan fingerprint density at radius 3 is 2.75 bits per heavy atom. The second-order valence-electron chi connectivity index (χ2n) is 4.48. The zero-order chi connectivity index (χ0) is 14.8. The van der Waals surface area contributed by atoms with Crippen LogP contribution >= 0.6 is 0 Å². The van der Waals surface area contributed by atoms with Crippen LogP contribution in [0.5, 0.6) is 0 Å². The zero-order valence-electron chi connectivity index (χ0n) is 11.1. The average molecular weight is 293 g/mol. The van der Waals surface area contributed by atoms with E-state index < -0.39 is 15.9 Å². The summed E-state index contributed by atoms with van der Waals surface area (Å²) < 4.78 is 24.6. The van der Waals surface area contributed by atoms with Gasteiger partial charge in [0.2, 0.25) is 5.91 Å². The minimum atomic E-state index is -3.29. The van der Waals surface area contributed by atoms with E-state index in [9.17, 15) is 13.2 Å². The molecule has 0 aliphatic carbocycles. The first-order valence-corrected chi connectivity index (χ1v) is 7.85. The van der Waals surface area contributed by atoms with Gasteiger partial charge in [-0.25, -0.2) is 13.4 Å². The van der Waals surface area contributed by atoms with Crippen LogP contribution < -0.4 is 5.32 Å². The third-order valence-electron chi connectivity index (χ3n) is 2.88. The summed E-state index contributed by atoms with van der Waals surface area (Å²) in [6, 6.07) is 5.73. The molecule has 1 aromatic carbocycles. The summed E-state index contributed by atoms with van der Waals surface area (Å²) in [5.41, 5.74) is 0.449. The van der Waals surface area contributed by atoms with E-state index in [4.69, 9.17) is 0 Å². The molecule has 1 aromatic heterocycles. The van der Waals surface area contributed by atoms with Crippen LogP contribution in [-0.2, 0) is 14.6 Å². The molecule has 1 amide bonds. The number of hydrogen-bond donors (Lipinski definition) is 1. The highest BCUT2D eigenvalue weighted by Crippen LogP contribution is 2.17. The van der Waals surface area contributed by atoms with Crippen molar-refractivity contribution in [3.63, 3.8) is 0 Å². The van der Waals surface area contributed by atoms with Crippen molar-refractivity contribution >= 4 is 21.4 Å². The van der Waals surface area contributed by atoms with E-state index in [1.165, 1.54) is 12.1 Å². The molecule has 6 nitrogen and oxygen atoms in total. The van der Waals surface area contributed by atoms with Crippen molar-refractivity contribution in [1.29, 1.82) is 0 Å². The standard InChI is InChI=1S/C13H15N3O3S/c1-10(16-7-6-14-9-16)13(17)15-11-4-3-5-12(8-11)20(2,18)19/h3-10H,1-2H3,(H,15,17). The van der Waals surface area contributed by atoms with Crippen LogP contribution in [0.25, 0.3) is 0 Å². The molecule has 2 rings (SSSR count). The molecule has 20 heavy (non-hydrogen) atoms. The Bertz CT molecular complexity index is 708.